The zero-order valence-corrected chi connectivity index (χ0v) is 13.5. The number of benzene rings is 1. The molecular formula is C15H21N5OS. The van der Waals surface area contributed by atoms with Crippen LogP contribution in [0.5, 0.6) is 0 Å². The second-order valence-electron chi connectivity index (χ2n) is 5.79. The molecule has 0 bridgehead atoms. The van der Waals surface area contributed by atoms with Crippen LogP contribution in [0.3, 0.4) is 0 Å². The summed E-state index contributed by atoms with van der Waals surface area (Å²) in [5.74, 6) is 0.656. The smallest absolute Gasteiger partial charge is 0.238 e. The molecule has 0 saturated carbocycles. The molecule has 1 amide bonds. The van der Waals surface area contributed by atoms with E-state index >= 15 is 0 Å². The molecule has 22 heavy (non-hydrogen) atoms. The Labute approximate surface area is 134 Å². The van der Waals surface area contributed by atoms with E-state index in [9.17, 15) is 4.79 Å². The summed E-state index contributed by atoms with van der Waals surface area (Å²) < 4.78 is 8.44. The van der Waals surface area contributed by atoms with Gasteiger partial charge in [0.05, 0.1) is 23.6 Å². The van der Waals surface area contributed by atoms with E-state index < -0.39 is 0 Å². The lowest BCUT2D eigenvalue weighted by Crippen LogP contribution is -2.42. The molecule has 6 nitrogen and oxygen atoms in total. The van der Waals surface area contributed by atoms with Crippen LogP contribution in [0.2, 0.25) is 0 Å². The van der Waals surface area contributed by atoms with E-state index in [1.54, 1.807) is 0 Å². The Kier molecular flexibility index (Phi) is 4.97. The Balaban J connectivity index is 1.57. The van der Waals surface area contributed by atoms with E-state index in [2.05, 4.69) is 24.3 Å². The van der Waals surface area contributed by atoms with E-state index in [0.717, 1.165) is 43.1 Å². The highest BCUT2D eigenvalue weighted by molar-refractivity contribution is 7.58. The Hall–Kier alpha value is -1.57. The summed E-state index contributed by atoms with van der Waals surface area (Å²) in [6, 6.07) is 5.67. The standard InChI is InChI=1S/C15H21N5OS/c1-16-8-11-4-3-7-20(9-11)10-14(21)17-12-5-2-6-13-15(12)19-22-18-13/h2,5-6,11,16H,3-4,7-10H2,1H3,(H,17,21). The van der Waals surface area contributed by atoms with Crippen LogP contribution < -0.4 is 10.6 Å². The van der Waals surface area contributed by atoms with Crippen molar-refractivity contribution in [3.05, 3.63) is 18.2 Å². The first-order valence-corrected chi connectivity index (χ1v) is 8.37. The van der Waals surface area contributed by atoms with Gasteiger partial charge >= 0.3 is 0 Å². The first-order chi connectivity index (χ1) is 10.8. The lowest BCUT2D eigenvalue weighted by atomic mass is 9.98. The number of nitrogens with zero attached hydrogens (tertiary/aromatic N) is 3. The number of piperidine rings is 1. The molecule has 2 aliphatic rings. The molecular weight excluding hydrogens is 298 g/mol. The molecule has 0 aromatic heterocycles. The van der Waals surface area contributed by atoms with Crippen LogP contribution in [-0.4, -0.2) is 44.0 Å². The predicted molar refractivity (Wildman–Crippen MR) is 89.7 cm³/mol. The SMILES string of the molecule is CNCC1CCCN(CC(=O)Nc2cccc3c2N=S=N3)C1. The van der Waals surface area contributed by atoms with Crippen molar-refractivity contribution in [3.8, 4) is 0 Å². The fourth-order valence-corrected chi connectivity index (χ4v) is 3.60. The minimum atomic E-state index is 0.0191. The average molecular weight is 319 g/mol. The zero-order valence-electron chi connectivity index (χ0n) is 12.7. The van der Waals surface area contributed by atoms with E-state index in [-0.39, 0.29) is 5.91 Å². The first kappa shape index (κ1) is 15.3. The molecule has 0 aliphatic carbocycles. The highest BCUT2D eigenvalue weighted by Gasteiger charge is 2.21. The number of hydrogen-bond acceptors (Lipinski definition) is 5. The maximum absolute atomic E-state index is 12.3. The quantitative estimate of drug-likeness (QED) is 0.888. The molecule has 2 N–H and O–H groups in total. The highest BCUT2D eigenvalue weighted by Crippen LogP contribution is 2.38. The molecule has 118 valence electrons. The molecule has 1 saturated heterocycles. The van der Waals surface area contributed by atoms with Gasteiger partial charge in [0.1, 0.15) is 11.4 Å². The number of nitrogens with one attached hydrogen (secondary N) is 2. The monoisotopic (exact) mass is 319 g/mol. The molecule has 0 spiro atoms. The Morgan fingerprint density at radius 2 is 2.36 bits per heavy atom. The van der Waals surface area contributed by atoms with Crippen LogP contribution in [0, 0.1) is 5.92 Å². The van der Waals surface area contributed by atoms with Crippen molar-refractivity contribution < 1.29 is 4.79 Å². The molecule has 2 aliphatic heterocycles. The fourth-order valence-electron chi connectivity index (χ4n) is 3.05. The van der Waals surface area contributed by atoms with Crippen molar-refractivity contribution >= 4 is 34.3 Å². The summed E-state index contributed by atoms with van der Waals surface area (Å²) >= 11 is 1.17. The molecule has 1 unspecified atom stereocenters. The number of amides is 1. The van der Waals surface area contributed by atoms with Crippen molar-refractivity contribution in [2.24, 2.45) is 14.6 Å². The number of fused-ring (bicyclic) bond motifs is 1. The van der Waals surface area contributed by atoms with Gasteiger partial charge < -0.3 is 10.6 Å². The molecule has 1 fully saturated rings. The van der Waals surface area contributed by atoms with Crippen molar-refractivity contribution in [3.63, 3.8) is 0 Å². The third kappa shape index (κ3) is 3.60. The summed E-state index contributed by atoms with van der Waals surface area (Å²) in [4.78, 5) is 14.5. The van der Waals surface area contributed by atoms with E-state index in [1.807, 2.05) is 25.2 Å². The lowest BCUT2D eigenvalue weighted by Gasteiger charge is -2.32. The van der Waals surface area contributed by atoms with Gasteiger partial charge in [0.15, 0.2) is 0 Å². The minimum Gasteiger partial charge on any atom is -0.323 e. The number of rotatable bonds is 5. The van der Waals surface area contributed by atoms with Gasteiger partial charge in [-0.1, -0.05) is 6.07 Å². The van der Waals surface area contributed by atoms with Crippen LogP contribution in [0.4, 0.5) is 17.1 Å². The molecule has 7 heteroatoms. The van der Waals surface area contributed by atoms with Gasteiger partial charge in [0.25, 0.3) is 0 Å². The second-order valence-corrected chi connectivity index (χ2v) is 6.32. The summed E-state index contributed by atoms with van der Waals surface area (Å²) in [6.45, 7) is 3.43. The summed E-state index contributed by atoms with van der Waals surface area (Å²) in [5.41, 5.74) is 2.35. The van der Waals surface area contributed by atoms with Crippen LogP contribution in [0.1, 0.15) is 12.8 Å². The van der Waals surface area contributed by atoms with Crippen molar-refractivity contribution in [2.45, 2.75) is 12.8 Å². The lowest BCUT2D eigenvalue weighted by molar-refractivity contribution is -0.117. The minimum absolute atomic E-state index is 0.0191. The second kappa shape index (κ2) is 7.13. The molecule has 1 aromatic carbocycles. The fraction of sp³-hybridized carbons (Fsp3) is 0.533. The Morgan fingerprint density at radius 1 is 1.45 bits per heavy atom. The number of anilines is 1. The van der Waals surface area contributed by atoms with Gasteiger partial charge in [-0.25, -0.2) is 0 Å². The molecule has 2 heterocycles. The van der Waals surface area contributed by atoms with Gasteiger partial charge in [-0.3, -0.25) is 9.69 Å². The van der Waals surface area contributed by atoms with Gasteiger partial charge in [-0.15, -0.1) is 0 Å². The third-order valence-electron chi connectivity index (χ3n) is 4.02. The first-order valence-electron chi connectivity index (χ1n) is 7.64. The summed E-state index contributed by atoms with van der Waals surface area (Å²) in [7, 11) is 1.98. The normalized spacial score (nSPS) is 20.5. The Morgan fingerprint density at radius 3 is 3.23 bits per heavy atom. The number of carbonyl (C=O) groups is 1. The number of carbonyl (C=O) groups excluding carboxylic acids is 1. The van der Waals surface area contributed by atoms with E-state index in [1.165, 1.54) is 17.8 Å². The highest BCUT2D eigenvalue weighted by atomic mass is 32.1. The largest absolute Gasteiger partial charge is 0.323 e. The van der Waals surface area contributed by atoms with Crippen LogP contribution in [0.15, 0.2) is 26.9 Å². The van der Waals surface area contributed by atoms with Crippen molar-refractivity contribution in [1.29, 1.82) is 0 Å². The summed E-state index contributed by atoms with van der Waals surface area (Å²) in [5, 5.41) is 6.20. The molecule has 0 radical (unpaired) electrons. The third-order valence-corrected chi connectivity index (χ3v) is 4.57. The van der Waals surface area contributed by atoms with Gasteiger partial charge in [0.2, 0.25) is 5.91 Å². The molecule has 1 atom stereocenters. The number of likely N-dealkylation sites (tertiary alicyclic amines) is 1. The topological polar surface area (TPSA) is 69.1 Å². The molecule has 3 rings (SSSR count). The van der Waals surface area contributed by atoms with Crippen molar-refractivity contribution in [1.82, 2.24) is 10.2 Å². The van der Waals surface area contributed by atoms with Crippen LogP contribution in [0.25, 0.3) is 0 Å². The van der Waals surface area contributed by atoms with Crippen molar-refractivity contribution in [2.75, 3.05) is 38.5 Å². The maximum atomic E-state index is 12.3. The zero-order chi connectivity index (χ0) is 15.4. The van der Waals surface area contributed by atoms with Gasteiger partial charge in [-0.2, -0.15) is 8.73 Å². The van der Waals surface area contributed by atoms with Crippen LogP contribution >= 0.6 is 0 Å². The van der Waals surface area contributed by atoms with Crippen LogP contribution in [-0.2, 0) is 16.1 Å². The van der Waals surface area contributed by atoms with E-state index in [4.69, 9.17) is 0 Å². The molecule has 1 aromatic rings. The predicted octanol–water partition coefficient (Wildman–Crippen LogP) is 2.28. The number of hydrogen-bond donors (Lipinski definition) is 2. The van der Waals surface area contributed by atoms with Gasteiger partial charge in [-0.05, 0) is 51.0 Å². The summed E-state index contributed by atoms with van der Waals surface area (Å²) in [6.07, 6.45) is 2.40. The maximum Gasteiger partial charge on any atom is 0.238 e. The average Bonchev–Trinajstić information content (AvgIpc) is 2.97. The Bertz CT molecular complexity index is 624. The van der Waals surface area contributed by atoms with Gasteiger partial charge in [0, 0.05) is 6.54 Å². The van der Waals surface area contributed by atoms with E-state index in [0.29, 0.717) is 12.5 Å².